The molecule has 0 aromatic carbocycles. The summed E-state index contributed by atoms with van der Waals surface area (Å²) in [5.74, 6) is 3.23. The Hall–Kier alpha value is -0.410. The zero-order valence-electron chi connectivity index (χ0n) is 8.45. The lowest BCUT2D eigenvalue weighted by atomic mass is 10.2. The van der Waals surface area contributed by atoms with Crippen LogP contribution < -0.4 is 0 Å². The molecule has 0 saturated carbocycles. The Morgan fingerprint density at radius 3 is 2.79 bits per heavy atom. The number of aliphatic hydroxyl groups is 1. The van der Waals surface area contributed by atoms with Crippen LogP contribution in [0.5, 0.6) is 0 Å². The van der Waals surface area contributed by atoms with Gasteiger partial charge in [0.1, 0.15) is 5.76 Å². The average molecular weight is 214 g/mol. The molecule has 1 rings (SSSR count). The highest BCUT2D eigenvalue weighted by Gasteiger charge is 1.95. The Morgan fingerprint density at radius 1 is 1.21 bits per heavy atom. The molecule has 0 amide bonds. The van der Waals surface area contributed by atoms with Gasteiger partial charge in [-0.25, -0.2) is 0 Å². The maximum atomic E-state index is 8.58. The summed E-state index contributed by atoms with van der Waals surface area (Å²) in [6.07, 6.45) is 6.29. The van der Waals surface area contributed by atoms with Gasteiger partial charge in [0.15, 0.2) is 0 Å². The minimum atomic E-state index is 0.333. The summed E-state index contributed by atoms with van der Waals surface area (Å²) < 4.78 is 5.22. The van der Waals surface area contributed by atoms with Crippen molar-refractivity contribution in [3.8, 4) is 0 Å². The standard InChI is InChI=1S/C11H18O2S/c12-7-3-1-2-4-9-14-10-11-6-5-8-13-11/h5-6,8,12H,1-4,7,9-10H2. The first-order valence-corrected chi connectivity index (χ1v) is 6.30. The van der Waals surface area contributed by atoms with Gasteiger partial charge >= 0.3 is 0 Å². The largest absolute Gasteiger partial charge is 0.468 e. The van der Waals surface area contributed by atoms with Gasteiger partial charge in [-0.1, -0.05) is 12.8 Å². The van der Waals surface area contributed by atoms with E-state index >= 15 is 0 Å². The summed E-state index contributed by atoms with van der Waals surface area (Å²) in [7, 11) is 0. The Labute approximate surface area is 89.7 Å². The van der Waals surface area contributed by atoms with Gasteiger partial charge in [-0.3, -0.25) is 0 Å². The van der Waals surface area contributed by atoms with Gasteiger partial charge < -0.3 is 9.52 Å². The van der Waals surface area contributed by atoms with Crippen molar-refractivity contribution in [1.29, 1.82) is 0 Å². The highest BCUT2D eigenvalue weighted by molar-refractivity contribution is 7.98. The van der Waals surface area contributed by atoms with Gasteiger partial charge in [0, 0.05) is 6.61 Å². The van der Waals surface area contributed by atoms with Crippen LogP contribution >= 0.6 is 11.8 Å². The molecule has 0 radical (unpaired) electrons. The van der Waals surface area contributed by atoms with Gasteiger partial charge in [0.05, 0.1) is 12.0 Å². The molecular formula is C11H18O2S. The second-order valence-corrected chi connectivity index (χ2v) is 4.37. The molecule has 0 bridgehead atoms. The molecule has 1 aromatic heterocycles. The average Bonchev–Trinajstić information content (AvgIpc) is 2.69. The lowest BCUT2D eigenvalue weighted by Crippen LogP contribution is -1.85. The lowest BCUT2D eigenvalue weighted by Gasteiger charge is -1.99. The van der Waals surface area contributed by atoms with Crippen LogP contribution in [0.2, 0.25) is 0 Å². The van der Waals surface area contributed by atoms with Crippen LogP contribution in [0.25, 0.3) is 0 Å². The number of rotatable bonds is 8. The van der Waals surface area contributed by atoms with Crippen LogP contribution in [-0.2, 0) is 5.75 Å². The van der Waals surface area contributed by atoms with Crippen molar-refractivity contribution >= 4 is 11.8 Å². The van der Waals surface area contributed by atoms with E-state index in [-0.39, 0.29) is 0 Å². The van der Waals surface area contributed by atoms with Crippen molar-refractivity contribution in [3.05, 3.63) is 24.2 Å². The van der Waals surface area contributed by atoms with Gasteiger partial charge in [0.2, 0.25) is 0 Å². The summed E-state index contributed by atoms with van der Waals surface area (Å²) in [6.45, 7) is 0.333. The molecule has 0 saturated heterocycles. The van der Waals surface area contributed by atoms with Gasteiger partial charge in [-0.15, -0.1) is 0 Å². The predicted octanol–water partition coefficient (Wildman–Crippen LogP) is 3.07. The smallest absolute Gasteiger partial charge is 0.113 e. The highest BCUT2D eigenvalue weighted by Crippen LogP contribution is 2.14. The quantitative estimate of drug-likeness (QED) is 0.675. The molecule has 0 unspecified atom stereocenters. The summed E-state index contributed by atoms with van der Waals surface area (Å²) in [5.41, 5.74) is 0. The molecule has 1 N–H and O–H groups in total. The number of hydrogen-bond acceptors (Lipinski definition) is 3. The molecule has 0 fully saturated rings. The lowest BCUT2D eigenvalue weighted by molar-refractivity contribution is 0.283. The fraction of sp³-hybridized carbons (Fsp3) is 0.636. The van der Waals surface area contributed by atoms with Crippen molar-refractivity contribution in [3.63, 3.8) is 0 Å². The van der Waals surface area contributed by atoms with Crippen LogP contribution in [0.3, 0.4) is 0 Å². The summed E-state index contributed by atoms with van der Waals surface area (Å²) >= 11 is 1.91. The molecule has 0 atom stereocenters. The van der Waals surface area contributed by atoms with Gasteiger partial charge in [-0.2, -0.15) is 11.8 Å². The normalized spacial score (nSPS) is 10.6. The first-order chi connectivity index (χ1) is 6.93. The Bertz CT molecular complexity index is 209. The third kappa shape index (κ3) is 5.35. The van der Waals surface area contributed by atoms with E-state index in [1.165, 1.54) is 18.6 Å². The molecule has 0 aliphatic carbocycles. The first-order valence-electron chi connectivity index (χ1n) is 5.14. The predicted molar refractivity (Wildman–Crippen MR) is 60.4 cm³/mol. The van der Waals surface area contributed by atoms with Gasteiger partial charge in [0.25, 0.3) is 0 Å². The number of aliphatic hydroxyl groups excluding tert-OH is 1. The van der Waals surface area contributed by atoms with E-state index in [4.69, 9.17) is 9.52 Å². The number of furan rings is 1. The molecule has 3 heteroatoms. The maximum Gasteiger partial charge on any atom is 0.113 e. The van der Waals surface area contributed by atoms with E-state index < -0.39 is 0 Å². The van der Waals surface area contributed by atoms with Gasteiger partial charge in [-0.05, 0) is 30.7 Å². The number of unbranched alkanes of at least 4 members (excludes halogenated alkanes) is 3. The molecule has 2 nitrogen and oxygen atoms in total. The monoisotopic (exact) mass is 214 g/mol. The van der Waals surface area contributed by atoms with Crippen molar-refractivity contribution in [2.75, 3.05) is 12.4 Å². The van der Waals surface area contributed by atoms with Crippen LogP contribution in [0, 0.1) is 0 Å². The van der Waals surface area contributed by atoms with E-state index in [1.54, 1.807) is 6.26 Å². The van der Waals surface area contributed by atoms with Crippen molar-refractivity contribution in [1.82, 2.24) is 0 Å². The number of hydrogen-bond donors (Lipinski definition) is 1. The summed E-state index contributed by atoms with van der Waals surface area (Å²) in [6, 6.07) is 3.94. The Balaban J connectivity index is 1.85. The van der Waals surface area contributed by atoms with E-state index in [0.29, 0.717) is 6.61 Å². The molecular weight excluding hydrogens is 196 g/mol. The molecule has 0 aliphatic rings. The minimum Gasteiger partial charge on any atom is -0.468 e. The zero-order valence-corrected chi connectivity index (χ0v) is 9.26. The number of thioether (sulfide) groups is 1. The van der Waals surface area contributed by atoms with Crippen LogP contribution in [0.15, 0.2) is 22.8 Å². The zero-order chi connectivity index (χ0) is 10.1. The Kier molecular flexibility index (Phi) is 6.62. The summed E-state index contributed by atoms with van der Waals surface area (Å²) in [4.78, 5) is 0. The SMILES string of the molecule is OCCCCCCSCc1ccco1. The van der Waals surface area contributed by atoms with E-state index in [9.17, 15) is 0 Å². The van der Waals surface area contributed by atoms with Crippen LogP contribution in [-0.4, -0.2) is 17.5 Å². The maximum absolute atomic E-state index is 8.58. The van der Waals surface area contributed by atoms with Crippen molar-refractivity contribution in [2.45, 2.75) is 31.4 Å². The first kappa shape index (κ1) is 11.7. The molecule has 1 aromatic rings. The van der Waals surface area contributed by atoms with Crippen molar-refractivity contribution < 1.29 is 9.52 Å². The third-order valence-corrected chi connectivity index (χ3v) is 3.09. The molecule has 0 aliphatic heterocycles. The topological polar surface area (TPSA) is 33.4 Å². The van der Waals surface area contributed by atoms with E-state index in [1.807, 2.05) is 23.9 Å². The highest BCUT2D eigenvalue weighted by atomic mass is 32.2. The van der Waals surface area contributed by atoms with E-state index in [2.05, 4.69) is 0 Å². The second kappa shape index (κ2) is 7.94. The molecule has 1 heterocycles. The third-order valence-electron chi connectivity index (χ3n) is 2.02. The fourth-order valence-electron chi connectivity index (χ4n) is 1.24. The second-order valence-electron chi connectivity index (χ2n) is 3.27. The molecule has 80 valence electrons. The minimum absolute atomic E-state index is 0.333. The van der Waals surface area contributed by atoms with Crippen LogP contribution in [0.1, 0.15) is 31.4 Å². The molecule has 14 heavy (non-hydrogen) atoms. The fourth-order valence-corrected chi connectivity index (χ4v) is 2.15. The molecule has 0 spiro atoms. The summed E-state index contributed by atoms with van der Waals surface area (Å²) in [5, 5.41) is 8.58. The Morgan fingerprint density at radius 2 is 2.07 bits per heavy atom. The van der Waals surface area contributed by atoms with Crippen molar-refractivity contribution in [2.24, 2.45) is 0 Å². The van der Waals surface area contributed by atoms with Crippen LogP contribution in [0.4, 0.5) is 0 Å². The van der Waals surface area contributed by atoms with E-state index in [0.717, 1.165) is 24.4 Å².